The number of anilines is 1. The highest BCUT2D eigenvalue weighted by atomic mass is 35.5. The molecule has 0 radical (unpaired) electrons. The van der Waals surface area contributed by atoms with Gasteiger partial charge in [-0.3, -0.25) is 4.79 Å². The van der Waals surface area contributed by atoms with Gasteiger partial charge in [0.05, 0.1) is 28.4 Å². The molecule has 2 aromatic carbocycles. The summed E-state index contributed by atoms with van der Waals surface area (Å²) >= 11 is 12.2. The standard InChI is InChI=1S/C18H17Cl2NO4/c1-3-15(25-16-7-5-4-6-13(16)20)17(22)21-14-10-11(18(23)24-2)8-9-12(14)19/h4-10,15H,3H2,1-2H3,(H,21,22)/t15-/m0/s1. The summed E-state index contributed by atoms with van der Waals surface area (Å²) in [5.74, 6) is -0.501. The maximum absolute atomic E-state index is 12.5. The number of rotatable bonds is 6. The van der Waals surface area contributed by atoms with E-state index in [1.54, 1.807) is 24.3 Å². The first-order valence-electron chi connectivity index (χ1n) is 7.56. The number of methoxy groups -OCH3 is 1. The molecule has 0 aliphatic heterocycles. The minimum atomic E-state index is -0.766. The molecule has 0 aromatic heterocycles. The molecule has 7 heteroatoms. The van der Waals surface area contributed by atoms with Crippen LogP contribution in [-0.4, -0.2) is 25.1 Å². The van der Waals surface area contributed by atoms with Crippen molar-refractivity contribution in [2.75, 3.05) is 12.4 Å². The molecular formula is C18H17Cl2NO4. The third kappa shape index (κ3) is 4.87. The molecular weight excluding hydrogens is 365 g/mol. The normalized spacial score (nSPS) is 11.5. The van der Waals surface area contributed by atoms with E-state index in [4.69, 9.17) is 27.9 Å². The average Bonchev–Trinajstić information content (AvgIpc) is 2.62. The lowest BCUT2D eigenvalue weighted by atomic mass is 10.2. The largest absolute Gasteiger partial charge is 0.479 e. The van der Waals surface area contributed by atoms with Crippen LogP contribution in [0.2, 0.25) is 10.0 Å². The van der Waals surface area contributed by atoms with Crippen LogP contribution in [0.5, 0.6) is 5.75 Å². The molecule has 1 N–H and O–H groups in total. The van der Waals surface area contributed by atoms with Crippen LogP contribution < -0.4 is 10.1 Å². The van der Waals surface area contributed by atoms with Gasteiger partial charge in [-0.15, -0.1) is 0 Å². The fourth-order valence-corrected chi connectivity index (χ4v) is 2.44. The number of esters is 1. The second-order valence-corrected chi connectivity index (χ2v) is 5.94. The summed E-state index contributed by atoms with van der Waals surface area (Å²) in [6.45, 7) is 1.81. The van der Waals surface area contributed by atoms with E-state index < -0.39 is 18.0 Å². The lowest BCUT2D eigenvalue weighted by Crippen LogP contribution is -2.32. The molecule has 0 saturated carbocycles. The van der Waals surface area contributed by atoms with E-state index in [1.165, 1.54) is 25.3 Å². The van der Waals surface area contributed by atoms with Crippen molar-refractivity contribution in [3.8, 4) is 5.75 Å². The number of amides is 1. The predicted molar refractivity (Wildman–Crippen MR) is 97.6 cm³/mol. The van der Waals surface area contributed by atoms with Crippen molar-refractivity contribution in [2.45, 2.75) is 19.4 Å². The van der Waals surface area contributed by atoms with Crippen molar-refractivity contribution in [3.05, 3.63) is 58.1 Å². The van der Waals surface area contributed by atoms with Gasteiger partial charge >= 0.3 is 5.97 Å². The fraction of sp³-hybridized carbons (Fsp3) is 0.222. The summed E-state index contributed by atoms with van der Waals surface area (Å²) in [6, 6.07) is 11.4. The molecule has 132 valence electrons. The summed E-state index contributed by atoms with van der Waals surface area (Å²) in [5, 5.41) is 3.39. The molecule has 0 bridgehead atoms. The van der Waals surface area contributed by atoms with Crippen molar-refractivity contribution in [1.82, 2.24) is 0 Å². The van der Waals surface area contributed by atoms with Crippen molar-refractivity contribution in [2.24, 2.45) is 0 Å². The van der Waals surface area contributed by atoms with Gasteiger partial charge in [0.2, 0.25) is 0 Å². The van der Waals surface area contributed by atoms with E-state index in [0.29, 0.717) is 27.9 Å². The molecule has 1 atom stereocenters. The monoisotopic (exact) mass is 381 g/mol. The summed E-state index contributed by atoms with van der Waals surface area (Å²) < 4.78 is 10.4. The molecule has 0 aliphatic carbocycles. The highest BCUT2D eigenvalue weighted by Crippen LogP contribution is 2.27. The Morgan fingerprint density at radius 3 is 2.48 bits per heavy atom. The zero-order chi connectivity index (χ0) is 18.4. The quantitative estimate of drug-likeness (QED) is 0.743. The number of ether oxygens (including phenoxy) is 2. The van der Waals surface area contributed by atoms with E-state index in [0.717, 1.165) is 0 Å². The van der Waals surface area contributed by atoms with Crippen molar-refractivity contribution in [3.63, 3.8) is 0 Å². The lowest BCUT2D eigenvalue weighted by Gasteiger charge is -2.18. The molecule has 0 spiro atoms. The van der Waals surface area contributed by atoms with Gasteiger partial charge in [0.15, 0.2) is 6.10 Å². The molecule has 0 saturated heterocycles. The van der Waals surface area contributed by atoms with Gasteiger partial charge in [0.25, 0.3) is 5.91 Å². The van der Waals surface area contributed by atoms with Crippen LogP contribution >= 0.6 is 23.2 Å². The second kappa shape index (κ2) is 8.74. The SMILES string of the molecule is CC[C@H](Oc1ccccc1Cl)C(=O)Nc1cc(C(=O)OC)ccc1Cl. The molecule has 2 rings (SSSR count). The lowest BCUT2D eigenvalue weighted by molar-refractivity contribution is -0.122. The summed E-state index contributed by atoms with van der Waals surface area (Å²) in [6.07, 6.45) is -0.344. The number of para-hydroxylation sites is 1. The van der Waals surface area contributed by atoms with Crippen LogP contribution in [-0.2, 0) is 9.53 Å². The van der Waals surface area contributed by atoms with E-state index in [1.807, 2.05) is 6.92 Å². The highest BCUT2D eigenvalue weighted by Gasteiger charge is 2.21. The van der Waals surface area contributed by atoms with Gasteiger partial charge in [-0.2, -0.15) is 0 Å². The van der Waals surface area contributed by atoms with E-state index in [9.17, 15) is 9.59 Å². The Morgan fingerprint density at radius 2 is 1.84 bits per heavy atom. The fourth-order valence-electron chi connectivity index (χ4n) is 2.09. The van der Waals surface area contributed by atoms with Gasteiger partial charge < -0.3 is 14.8 Å². The van der Waals surface area contributed by atoms with Crippen LogP contribution in [0.15, 0.2) is 42.5 Å². The van der Waals surface area contributed by atoms with Crippen LogP contribution in [0, 0.1) is 0 Å². The number of halogens is 2. The Kier molecular flexibility index (Phi) is 6.67. The summed E-state index contributed by atoms with van der Waals surface area (Å²) in [4.78, 5) is 24.1. The van der Waals surface area contributed by atoms with Crippen molar-refractivity contribution < 1.29 is 19.1 Å². The van der Waals surface area contributed by atoms with Gasteiger partial charge in [-0.25, -0.2) is 4.79 Å². The Hall–Kier alpha value is -2.24. The second-order valence-electron chi connectivity index (χ2n) is 5.12. The number of carbonyl (C=O) groups excluding carboxylic acids is 2. The van der Waals surface area contributed by atoms with Gasteiger partial charge in [0, 0.05) is 0 Å². The van der Waals surface area contributed by atoms with Crippen molar-refractivity contribution in [1.29, 1.82) is 0 Å². The average molecular weight is 382 g/mol. The van der Waals surface area contributed by atoms with Crippen molar-refractivity contribution >= 4 is 40.8 Å². The first kappa shape index (κ1) is 19.1. The number of benzene rings is 2. The maximum Gasteiger partial charge on any atom is 0.337 e. The topological polar surface area (TPSA) is 64.6 Å². The van der Waals surface area contributed by atoms with Gasteiger partial charge in [-0.05, 0) is 36.8 Å². The van der Waals surface area contributed by atoms with Crippen LogP contribution in [0.1, 0.15) is 23.7 Å². The van der Waals surface area contributed by atoms with Gasteiger partial charge in [-0.1, -0.05) is 42.3 Å². The minimum absolute atomic E-state index is 0.280. The Bertz CT molecular complexity index is 779. The number of hydrogen-bond acceptors (Lipinski definition) is 4. The number of carbonyl (C=O) groups is 2. The van der Waals surface area contributed by atoms with Gasteiger partial charge in [0.1, 0.15) is 5.75 Å². The molecule has 1 amide bonds. The molecule has 0 unspecified atom stereocenters. The molecule has 2 aromatic rings. The van der Waals surface area contributed by atoms with E-state index in [2.05, 4.69) is 10.1 Å². The third-order valence-electron chi connectivity index (χ3n) is 3.41. The highest BCUT2D eigenvalue weighted by molar-refractivity contribution is 6.34. The zero-order valence-corrected chi connectivity index (χ0v) is 15.2. The van der Waals surface area contributed by atoms with Crippen LogP contribution in [0.4, 0.5) is 5.69 Å². The van der Waals surface area contributed by atoms with Crippen LogP contribution in [0.3, 0.4) is 0 Å². The third-order valence-corrected chi connectivity index (χ3v) is 4.06. The first-order chi connectivity index (χ1) is 12.0. The minimum Gasteiger partial charge on any atom is -0.479 e. The van der Waals surface area contributed by atoms with E-state index >= 15 is 0 Å². The number of hydrogen-bond donors (Lipinski definition) is 1. The number of nitrogens with one attached hydrogen (secondary N) is 1. The molecule has 5 nitrogen and oxygen atoms in total. The molecule has 25 heavy (non-hydrogen) atoms. The Balaban J connectivity index is 2.17. The molecule has 0 heterocycles. The Labute approximate surface area is 155 Å². The Morgan fingerprint density at radius 1 is 1.12 bits per heavy atom. The molecule has 0 fully saturated rings. The van der Waals surface area contributed by atoms with Crippen LogP contribution in [0.25, 0.3) is 0 Å². The smallest absolute Gasteiger partial charge is 0.337 e. The predicted octanol–water partition coefficient (Wildman–Crippen LogP) is 4.58. The molecule has 0 aliphatic rings. The first-order valence-corrected chi connectivity index (χ1v) is 8.31. The van der Waals surface area contributed by atoms with E-state index in [-0.39, 0.29) is 5.56 Å². The summed E-state index contributed by atoms with van der Waals surface area (Å²) in [7, 11) is 1.28. The summed E-state index contributed by atoms with van der Waals surface area (Å²) in [5.41, 5.74) is 0.582. The zero-order valence-electron chi connectivity index (χ0n) is 13.7. The maximum atomic E-state index is 12.5.